The van der Waals surface area contributed by atoms with Gasteiger partial charge in [-0.2, -0.15) is 0 Å². The Balaban J connectivity index is 1.70. The Kier molecular flexibility index (Phi) is 9.62. The molecule has 1 fully saturated rings. The van der Waals surface area contributed by atoms with Crippen molar-refractivity contribution in [3.63, 3.8) is 0 Å². The van der Waals surface area contributed by atoms with Crippen molar-refractivity contribution in [3.8, 4) is 11.1 Å². The molecule has 4 rings (SSSR count). The summed E-state index contributed by atoms with van der Waals surface area (Å²) < 4.78 is 46.6. The van der Waals surface area contributed by atoms with E-state index >= 15 is 4.39 Å². The van der Waals surface area contributed by atoms with Crippen molar-refractivity contribution < 1.29 is 23.1 Å². The van der Waals surface area contributed by atoms with E-state index in [1.54, 1.807) is 0 Å². The van der Waals surface area contributed by atoms with Crippen LogP contribution in [0.25, 0.3) is 11.1 Å². The van der Waals surface area contributed by atoms with Gasteiger partial charge in [0.05, 0.1) is 12.6 Å². The highest BCUT2D eigenvalue weighted by atomic mass is 28.3. The number of likely N-dealkylation sites (tertiary alicyclic amines) is 1. The number of amides is 1. The zero-order chi connectivity index (χ0) is 30.8. The first-order valence-corrected chi connectivity index (χ1v) is 18.4. The number of halogens is 3. The van der Waals surface area contributed by atoms with Crippen molar-refractivity contribution in [1.29, 1.82) is 0 Å². The van der Waals surface area contributed by atoms with Crippen molar-refractivity contribution in [2.75, 3.05) is 13.1 Å². The summed E-state index contributed by atoms with van der Waals surface area (Å²) in [5.41, 5.74) is 2.32. The van der Waals surface area contributed by atoms with Crippen LogP contribution in [0.5, 0.6) is 0 Å². The average Bonchev–Trinajstić information content (AvgIpc) is 3.44. The fourth-order valence-corrected chi connectivity index (χ4v) is 7.19. The van der Waals surface area contributed by atoms with Gasteiger partial charge in [-0.25, -0.2) is 18.0 Å². The van der Waals surface area contributed by atoms with Crippen molar-refractivity contribution in [1.82, 2.24) is 14.8 Å². The first-order valence-electron chi connectivity index (χ1n) is 14.7. The predicted octanol–water partition coefficient (Wildman–Crippen LogP) is 8.20. The zero-order valence-electron chi connectivity index (χ0n) is 25.5. The second-order valence-corrected chi connectivity index (χ2v) is 19.5. The summed E-state index contributed by atoms with van der Waals surface area (Å²) in [6.45, 7) is 13.7. The lowest BCUT2D eigenvalue weighted by atomic mass is 9.83. The molecule has 1 unspecified atom stereocenters. The van der Waals surface area contributed by atoms with Crippen LogP contribution in [0.3, 0.4) is 0 Å². The lowest BCUT2D eigenvalue weighted by molar-refractivity contribution is 0.131. The molecule has 0 saturated carbocycles. The van der Waals surface area contributed by atoms with Gasteiger partial charge in [-0.3, -0.25) is 0 Å². The van der Waals surface area contributed by atoms with Crippen molar-refractivity contribution in [3.05, 3.63) is 83.7 Å². The molecule has 228 valence electrons. The number of aromatic nitrogens is 1. The van der Waals surface area contributed by atoms with Crippen LogP contribution in [-0.4, -0.2) is 54.0 Å². The smallest absolute Gasteiger partial charge is 0.407 e. The molecule has 2 aromatic carbocycles. The number of nitrogens with zero attached hydrogens (tertiary/aromatic N) is 2. The number of alkyl halides is 1. The second kappa shape index (κ2) is 12.7. The largest absolute Gasteiger partial charge is 0.465 e. The fraction of sp³-hybridized carbons (Fsp3) is 0.485. The summed E-state index contributed by atoms with van der Waals surface area (Å²) in [6.07, 6.45) is 0.139. The number of carbonyl (C=O) groups is 1. The van der Waals surface area contributed by atoms with E-state index in [0.717, 1.165) is 29.4 Å². The Bertz CT molecular complexity index is 1370. The maximum absolute atomic E-state index is 15.5. The fourth-order valence-electron chi connectivity index (χ4n) is 6.03. The van der Waals surface area contributed by atoms with Crippen LogP contribution in [0.4, 0.5) is 18.0 Å². The monoisotopic (exact) mass is 599 g/mol. The average molecular weight is 600 g/mol. The van der Waals surface area contributed by atoms with E-state index in [2.05, 4.69) is 45.7 Å². The predicted molar refractivity (Wildman–Crippen MR) is 165 cm³/mol. The van der Waals surface area contributed by atoms with Gasteiger partial charge < -0.3 is 19.9 Å². The Morgan fingerprint density at radius 1 is 1.10 bits per heavy atom. The van der Waals surface area contributed by atoms with E-state index in [0.29, 0.717) is 25.1 Å². The van der Waals surface area contributed by atoms with Crippen LogP contribution >= 0.6 is 0 Å². The van der Waals surface area contributed by atoms with Crippen LogP contribution in [0.1, 0.15) is 44.5 Å². The molecule has 3 aromatic rings. The van der Waals surface area contributed by atoms with Crippen molar-refractivity contribution in [2.45, 2.75) is 77.7 Å². The summed E-state index contributed by atoms with van der Waals surface area (Å²) >= 11 is 0. The minimum absolute atomic E-state index is 0.119. The minimum Gasteiger partial charge on any atom is -0.465 e. The topological polar surface area (TPSA) is 57.5 Å². The number of nitrogens with one attached hydrogen (secondary N) is 1. The second-order valence-electron chi connectivity index (χ2n) is 13.9. The maximum Gasteiger partial charge on any atom is 0.407 e. The summed E-state index contributed by atoms with van der Waals surface area (Å²) in [5, 5.41) is 13.5. The number of hydrogen-bond acceptors (Lipinski definition) is 2. The third kappa shape index (κ3) is 7.66. The Labute approximate surface area is 248 Å². The molecule has 1 aliphatic rings. The van der Waals surface area contributed by atoms with Crippen LogP contribution in [0.2, 0.25) is 25.7 Å². The van der Waals surface area contributed by atoms with E-state index < -0.39 is 43.9 Å². The lowest BCUT2D eigenvalue weighted by Crippen LogP contribution is -2.43. The van der Waals surface area contributed by atoms with Gasteiger partial charge >= 0.3 is 6.09 Å². The standard InChI is InChI=1S/C33H44F3N3O2Si/c1-33(2,3)31(37-18-26-28(36)21-39(32(40)41)29(26)14-15-42(4,5)6)30-16-23(25-17-24(34)12-13-27(25)35)20-38(30)19-22-10-8-7-9-11-22/h7-13,16-17,20,26,28-29,31,37H,14-15,18-19,21H2,1-6H3,(H,40,41)/t26-,28-,29?,31-/m0/s1. The van der Waals surface area contributed by atoms with Crippen molar-refractivity contribution >= 4 is 14.2 Å². The number of rotatable bonds is 10. The molecule has 4 atom stereocenters. The maximum atomic E-state index is 15.5. The third-order valence-electron chi connectivity index (χ3n) is 8.25. The summed E-state index contributed by atoms with van der Waals surface area (Å²) in [4.78, 5) is 13.3. The molecule has 1 aliphatic heterocycles. The van der Waals surface area contributed by atoms with E-state index in [4.69, 9.17) is 0 Å². The SMILES string of the molecule is CC(C)(C)[C@@H](NC[C@@H]1C(CC[Si](C)(C)C)N(C(=O)O)C[C@@H]1F)c1cc(-c2cc(F)ccc2F)cn1Cc1ccccc1. The molecule has 0 radical (unpaired) electrons. The van der Waals surface area contributed by atoms with E-state index in [1.165, 1.54) is 11.0 Å². The van der Waals surface area contributed by atoms with Gasteiger partial charge in [0, 0.05) is 56.1 Å². The molecule has 0 aliphatic carbocycles. The van der Waals surface area contributed by atoms with Gasteiger partial charge in [0.25, 0.3) is 0 Å². The highest BCUT2D eigenvalue weighted by molar-refractivity contribution is 6.76. The molecule has 2 heterocycles. The molecule has 5 nitrogen and oxygen atoms in total. The highest BCUT2D eigenvalue weighted by Gasteiger charge is 2.45. The number of benzene rings is 2. The number of carboxylic acid groups (broad SMARTS) is 1. The zero-order valence-corrected chi connectivity index (χ0v) is 26.5. The van der Waals surface area contributed by atoms with Crippen LogP contribution in [0.15, 0.2) is 60.8 Å². The van der Waals surface area contributed by atoms with Gasteiger partial charge in [-0.05, 0) is 41.7 Å². The van der Waals surface area contributed by atoms with Gasteiger partial charge in [0.2, 0.25) is 0 Å². The van der Waals surface area contributed by atoms with Crippen LogP contribution in [0, 0.1) is 23.0 Å². The minimum atomic E-state index is -1.47. The number of hydrogen-bond donors (Lipinski definition) is 2. The lowest BCUT2D eigenvalue weighted by Gasteiger charge is -2.35. The van der Waals surface area contributed by atoms with Crippen LogP contribution in [-0.2, 0) is 6.54 Å². The van der Waals surface area contributed by atoms with Gasteiger partial charge in [-0.15, -0.1) is 0 Å². The molecule has 0 bridgehead atoms. The van der Waals surface area contributed by atoms with Crippen molar-refractivity contribution in [2.24, 2.45) is 11.3 Å². The quantitative estimate of drug-likeness (QED) is 0.231. The van der Waals surface area contributed by atoms with Gasteiger partial charge in [0.1, 0.15) is 17.8 Å². The summed E-state index contributed by atoms with van der Waals surface area (Å²) in [6, 6.07) is 15.5. The molecule has 1 amide bonds. The summed E-state index contributed by atoms with van der Waals surface area (Å²) in [5.74, 6) is -1.51. The molecule has 1 saturated heterocycles. The summed E-state index contributed by atoms with van der Waals surface area (Å²) in [7, 11) is -1.47. The molecular weight excluding hydrogens is 555 g/mol. The normalized spacial score (nSPS) is 20.2. The van der Waals surface area contributed by atoms with Gasteiger partial charge in [0.15, 0.2) is 0 Å². The molecule has 1 aromatic heterocycles. The molecule has 0 spiro atoms. The van der Waals surface area contributed by atoms with Gasteiger partial charge in [-0.1, -0.05) is 76.8 Å². The highest BCUT2D eigenvalue weighted by Crippen LogP contribution is 2.38. The first kappa shape index (κ1) is 31.9. The van der Waals surface area contributed by atoms with E-state index in [1.807, 2.05) is 47.2 Å². The molecule has 2 N–H and O–H groups in total. The molecule has 9 heteroatoms. The molecular formula is C33H44F3N3O2Si. The Morgan fingerprint density at radius 2 is 1.79 bits per heavy atom. The first-order chi connectivity index (χ1) is 19.6. The Morgan fingerprint density at radius 3 is 2.40 bits per heavy atom. The Hall–Kier alpha value is -3.04. The van der Waals surface area contributed by atoms with E-state index in [-0.39, 0.29) is 23.6 Å². The van der Waals surface area contributed by atoms with Crippen LogP contribution < -0.4 is 5.32 Å². The van der Waals surface area contributed by atoms with E-state index in [9.17, 15) is 18.7 Å². The third-order valence-corrected chi connectivity index (χ3v) is 10.0. The molecule has 42 heavy (non-hydrogen) atoms.